The van der Waals surface area contributed by atoms with Gasteiger partial charge in [-0.15, -0.1) is 0 Å². The topological polar surface area (TPSA) is 129 Å². The van der Waals surface area contributed by atoms with Crippen molar-refractivity contribution in [2.45, 2.75) is 50.9 Å². The lowest BCUT2D eigenvalue weighted by molar-refractivity contribution is -0.00177. The summed E-state index contributed by atoms with van der Waals surface area (Å²) >= 11 is 0. The first-order valence-electron chi connectivity index (χ1n) is 10.3. The number of alkyl halides is 1. The lowest BCUT2D eigenvalue weighted by atomic mass is 10.0. The molecule has 9 nitrogen and oxygen atoms in total. The average molecular weight is 437 g/mol. The molecule has 3 aromatic rings. The van der Waals surface area contributed by atoms with Crippen molar-refractivity contribution < 1.29 is 14.3 Å². The highest BCUT2D eigenvalue weighted by Gasteiger charge is 2.38. The Bertz CT molecular complexity index is 1220. The number of nitrogens with one attached hydrogen (secondary N) is 2. The van der Waals surface area contributed by atoms with E-state index in [2.05, 4.69) is 32.6 Å². The normalized spacial score (nSPS) is 15.8. The molecular weight excluding hydrogens is 413 g/mol. The van der Waals surface area contributed by atoms with E-state index >= 15 is 0 Å². The number of amides is 1. The first-order chi connectivity index (χ1) is 15.1. The average Bonchev–Trinajstić information content (AvgIpc) is 3.32. The molecule has 3 aromatic heterocycles. The summed E-state index contributed by atoms with van der Waals surface area (Å²) in [4.78, 5) is 21.5. The van der Waals surface area contributed by atoms with Crippen LogP contribution in [0.3, 0.4) is 0 Å². The number of carbonyl (C=O) groups is 1. The first-order valence-corrected chi connectivity index (χ1v) is 10.3. The number of halogens is 1. The second kappa shape index (κ2) is 7.84. The molecule has 32 heavy (non-hydrogen) atoms. The van der Waals surface area contributed by atoms with Crippen molar-refractivity contribution in [1.82, 2.24) is 25.1 Å². The molecule has 0 spiro atoms. The number of hydrogen-bond acceptors (Lipinski definition) is 7. The van der Waals surface area contributed by atoms with Crippen molar-refractivity contribution in [1.29, 1.82) is 5.26 Å². The van der Waals surface area contributed by atoms with Crippen LogP contribution in [0.4, 0.5) is 10.1 Å². The molecule has 1 aliphatic carbocycles. The van der Waals surface area contributed by atoms with E-state index in [1.54, 1.807) is 18.3 Å². The van der Waals surface area contributed by atoms with E-state index in [0.29, 0.717) is 28.1 Å². The van der Waals surface area contributed by atoms with Gasteiger partial charge in [0.15, 0.2) is 11.5 Å². The number of aromatic nitrogens is 4. The maximum atomic E-state index is 14.1. The molecule has 1 atom stereocenters. The van der Waals surface area contributed by atoms with Crippen LogP contribution >= 0.6 is 0 Å². The van der Waals surface area contributed by atoms with Gasteiger partial charge in [0, 0.05) is 29.4 Å². The third-order valence-corrected chi connectivity index (χ3v) is 5.53. The number of aliphatic hydroxyl groups is 1. The Labute approximate surface area is 184 Å². The molecule has 1 saturated carbocycles. The Morgan fingerprint density at radius 3 is 2.75 bits per heavy atom. The third-order valence-electron chi connectivity index (χ3n) is 5.53. The van der Waals surface area contributed by atoms with Crippen LogP contribution in [0, 0.1) is 11.3 Å². The standard InChI is InChI=1S/C22H24FN7O2/c1-21(2,32)17(23)12-27-20(31)15-11-25-18(7-16(15)29-22(3)4-5-22)30-19-14(10-28-30)6-13(8-24)9-26-19/h6-7,9-11,17,32H,4-5,12H2,1-3H3,(H,25,29)(H,27,31). The Morgan fingerprint density at radius 2 is 2.09 bits per heavy atom. The molecule has 0 bridgehead atoms. The van der Waals surface area contributed by atoms with Crippen LogP contribution in [-0.2, 0) is 0 Å². The van der Waals surface area contributed by atoms with Crippen molar-refractivity contribution in [3.63, 3.8) is 0 Å². The fraction of sp³-hybridized carbons (Fsp3) is 0.409. The molecule has 1 amide bonds. The highest BCUT2D eigenvalue weighted by atomic mass is 19.1. The number of pyridine rings is 2. The Hall–Kier alpha value is -3.58. The maximum absolute atomic E-state index is 14.1. The molecule has 166 valence electrons. The van der Waals surface area contributed by atoms with Gasteiger partial charge in [0.1, 0.15) is 12.2 Å². The summed E-state index contributed by atoms with van der Waals surface area (Å²) in [5.74, 6) is -0.0508. The van der Waals surface area contributed by atoms with Crippen LogP contribution < -0.4 is 10.6 Å². The summed E-state index contributed by atoms with van der Waals surface area (Å²) in [5, 5.41) is 29.8. The van der Waals surface area contributed by atoms with Crippen LogP contribution in [0.2, 0.25) is 0 Å². The predicted molar refractivity (Wildman–Crippen MR) is 116 cm³/mol. The highest BCUT2D eigenvalue weighted by molar-refractivity contribution is 5.99. The smallest absolute Gasteiger partial charge is 0.255 e. The minimum atomic E-state index is -1.61. The zero-order valence-corrected chi connectivity index (χ0v) is 18.1. The number of nitrogens with zero attached hydrogens (tertiary/aromatic N) is 5. The summed E-state index contributed by atoms with van der Waals surface area (Å²) in [5.41, 5.74) is 0.0815. The molecule has 0 aromatic carbocycles. The van der Waals surface area contributed by atoms with Gasteiger partial charge in [-0.25, -0.2) is 14.4 Å². The lowest BCUT2D eigenvalue weighted by Crippen LogP contribution is -2.42. The minimum absolute atomic E-state index is 0.129. The summed E-state index contributed by atoms with van der Waals surface area (Å²) in [6, 6.07) is 5.44. The first kappa shape index (κ1) is 21.6. The number of rotatable bonds is 7. The lowest BCUT2D eigenvalue weighted by Gasteiger charge is -2.23. The Kier molecular flexibility index (Phi) is 5.30. The summed E-state index contributed by atoms with van der Waals surface area (Å²) in [6.07, 6.45) is 4.77. The maximum Gasteiger partial charge on any atom is 0.255 e. The van der Waals surface area contributed by atoms with Gasteiger partial charge in [-0.2, -0.15) is 15.0 Å². The van der Waals surface area contributed by atoms with Crippen molar-refractivity contribution in [3.8, 4) is 11.9 Å². The molecule has 1 fully saturated rings. The molecule has 0 aliphatic heterocycles. The molecule has 10 heteroatoms. The molecule has 0 radical (unpaired) electrons. The van der Waals surface area contributed by atoms with E-state index in [0.717, 1.165) is 12.8 Å². The Balaban J connectivity index is 1.66. The Morgan fingerprint density at radius 1 is 1.34 bits per heavy atom. The molecule has 1 aliphatic rings. The zero-order valence-electron chi connectivity index (χ0n) is 18.1. The van der Waals surface area contributed by atoms with Crippen LogP contribution in [0.1, 0.15) is 49.5 Å². The third kappa shape index (κ3) is 4.38. The quantitative estimate of drug-likeness (QED) is 0.518. The van der Waals surface area contributed by atoms with Gasteiger partial charge >= 0.3 is 0 Å². The van der Waals surface area contributed by atoms with Crippen LogP contribution in [0.25, 0.3) is 16.9 Å². The molecular formula is C22H24FN7O2. The van der Waals surface area contributed by atoms with E-state index in [1.165, 1.54) is 30.9 Å². The molecule has 4 rings (SSSR count). The number of hydrogen-bond donors (Lipinski definition) is 3. The van der Waals surface area contributed by atoms with Crippen molar-refractivity contribution in [2.75, 3.05) is 11.9 Å². The number of carbonyl (C=O) groups excluding carboxylic acids is 1. The highest BCUT2D eigenvalue weighted by Crippen LogP contribution is 2.39. The summed E-state index contributed by atoms with van der Waals surface area (Å²) < 4.78 is 15.6. The van der Waals surface area contributed by atoms with Gasteiger partial charge in [-0.05, 0) is 39.7 Å². The van der Waals surface area contributed by atoms with Gasteiger partial charge in [0.05, 0.1) is 35.2 Å². The number of fused-ring (bicyclic) bond motifs is 1. The minimum Gasteiger partial charge on any atom is -0.387 e. The van der Waals surface area contributed by atoms with E-state index in [4.69, 9.17) is 5.26 Å². The van der Waals surface area contributed by atoms with E-state index in [-0.39, 0.29) is 17.6 Å². The van der Waals surface area contributed by atoms with E-state index in [1.807, 2.05) is 6.07 Å². The van der Waals surface area contributed by atoms with Crippen molar-refractivity contribution >= 4 is 22.6 Å². The van der Waals surface area contributed by atoms with Crippen LogP contribution in [-0.4, -0.2) is 54.6 Å². The molecule has 0 saturated heterocycles. The second-order valence-corrected chi connectivity index (χ2v) is 8.91. The van der Waals surface area contributed by atoms with Gasteiger partial charge in [0.2, 0.25) is 0 Å². The summed E-state index contributed by atoms with van der Waals surface area (Å²) in [7, 11) is 0. The molecule has 3 heterocycles. The van der Waals surface area contributed by atoms with Crippen molar-refractivity contribution in [3.05, 3.63) is 41.9 Å². The SMILES string of the molecule is CC1(Nc2cc(-n3ncc4cc(C#N)cnc43)ncc2C(=O)NCC(F)C(C)(C)O)CC1. The fourth-order valence-electron chi connectivity index (χ4n) is 3.16. The molecule has 1 unspecified atom stereocenters. The van der Waals surface area contributed by atoms with E-state index in [9.17, 15) is 14.3 Å². The van der Waals surface area contributed by atoms with E-state index < -0.39 is 17.7 Å². The van der Waals surface area contributed by atoms with Crippen LogP contribution in [0.5, 0.6) is 0 Å². The van der Waals surface area contributed by atoms with Crippen LogP contribution in [0.15, 0.2) is 30.7 Å². The number of anilines is 1. The van der Waals surface area contributed by atoms with Gasteiger partial charge < -0.3 is 15.7 Å². The van der Waals surface area contributed by atoms with Gasteiger partial charge in [0.25, 0.3) is 5.91 Å². The summed E-state index contributed by atoms with van der Waals surface area (Å²) in [6.45, 7) is 4.43. The zero-order chi connectivity index (χ0) is 23.1. The van der Waals surface area contributed by atoms with Gasteiger partial charge in [-0.3, -0.25) is 4.79 Å². The van der Waals surface area contributed by atoms with Gasteiger partial charge in [-0.1, -0.05) is 0 Å². The second-order valence-electron chi connectivity index (χ2n) is 8.91. The molecule has 3 N–H and O–H groups in total. The van der Waals surface area contributed by atoms with Crippen molar-refractivity contribution in [2.24, 2.45) is 0 Å². The number of nitriles is 1. The fourth-order valence-corrected chi connectivity index (χ4v) is 3.16. The predicted octanol–water partition coefficient (Wildman–Crippen LogP) is 2.49. The monoisotopic (exact) mass is 437 g/mol. The largest absolute Gasteiger partial charge is 0.387 e.